The first-order valence-electron chi connectivity index (χ1n) is 6.31. The van der Waals surface area contributed by atoms with Gasteiger partial charge in [-0.25, -0.2) is 4.98 Å². The summed E-state index contributed by atoms with van der Waals surface area (Å²) in [5.74, 6) is 0.781. The van der Waals surface area contributed by atoms with E-state index < -0.39 is 6.10 Å². The second-order valence-electron chi connectivity index (χ2n) is 5.45. The van der Waals surface area contributed by atoms with Crippen LogP contribution in [0.4, 0.5) is 0 Å². The van der Waals surface area contributed by atoms with E-state index in [0.29, 0.717) is 6.42 Å². The average Bonchev–Trinajstić information content (AvgIpc) is 2.95. The molecular weight excluding hydrogens is 262 g/mol. The van der Waals surface area contributed by atoms with Crippen LogP contribution in [0.1, 0.15) is 50.2 Å². The van der Waals surface area contributed by atoms with E-state index in [9.17, 15) is 5.11 Å². The van der Waals surface area contributed by atoms with Gasteiger partial charge in [-0.15, -0.1) is 5.10 Å². The van der Waals surface area contributed by atoms with Crippen LogP contribution in [-0.4, -0.2) is 29.5 Å². The molecule has 0 aliphatic carbocycles. The van der Waals surface area contributed by atoms with Crippen molar-refractivity contribution < 1.29 is 5.11 Å². The fourth-order valence-corrected chi connectivity index (χ4v) is 2.76. The SMILES string of the molecule is CCn1ncnc1CC(O)c1snnc1C(C)(C)C. The molecule has 0 aliphatic rings. The lowest BCUT2D eigenvalue weighted by Crippen LogP contribution is -2.17. The summed E-state index contributed by atoms with van der Waals surface area (Å²) in [7, 11) is 0. The highest BCUT2D eigenvalue weighted by Crippen LogP contribution is 2.31. The van der Waals surface area contributed by atoms with Gasteiger partial charge in [0.25, 0.3) is 0 Å². The molecule has 0 saturated carbocycles. The van der Waals surface area contributed by atoms with Crippen molar-refractivity contribution >= 4 is 11.5 Å². The first-order valence-corrected chi connectivity index (χ1v) is 7.08. The Morgan fingerprint density at radius 3 is 2.79 bits per heavy atom. The van der Waals surface area contributed by atoms with Crippen molar-refractivity contribution in [2.45, 2.75) is 52.2 Å². The Balaban J connectivity index is 2.21. The number of hydrogen-bond acceptors (Lipinski definition) is 6. The van der Waals surface area contributed by atoms with E-state index in [-0.39, 0.29) is 5.41 Å². The molecule has 0 aromatic carbocycles. The van der Waals surface area contributed by atoms with Crippen LogP contribution in [0, 0.1) is 0 Å². The zero-order valence-corrected chi connectivity index (χ0v) is 12.5. The topological polar surface area (TPSA) is 76.7 Å². The average molecular weight is 281 g/mol. The highest BCUT2D eigenvalue weighted by Gasteiger charge is 2.27. The minimum absolute atomic E-state index is 0.123. The summed E-state index contributed by atoms with van der Waals surface area (Å²) in [5, 5.41) is 18.6. The maximum atomic E-state index is 10.4. The Labute approximate surface area is 116 Å². The van der Waals surface area contributed by atoms with Crippen LogP contribution in [0.15, 0.2) is 6.33 Å². The maximum absolute atomic E-state index is 10.4. The summed E-state index contributed by atoms with van der Waals surface area (Å²) in [6, 6.07) is 0. The molecular formula is C12H19N5OS. The largest absolute Gasteiger partial charge is 0.387 e. The Kier molecular flexibility index (Phi) is 3.96. The van der Waals surface area contributed by atoms with E-state index in [2.05, 4.69) is 40.4 Å². The van der Waals surface area contributed by atoms with Crippen molar-refractivity contribution in [3.05, 3.63) is 22.7 Å². The van der Waals surface area contributed by atoms with Gasteiger partial charge in [-0.2, -0.15) is 5.10 Å². The lowest BCUT2D eigenvalue weighted by molar-refractivity contribution is 0.175. The van der Waals surface area contributed by atoms with Gasteiger partial charge in [-0.3, -0.25) is 4.68 Å². The molecule has 19 heavy (non-hydrogen) atoms. The summed E-state index contributed by atoms with van der Waals surface area (Å²) >= 11 is 1.25. The van der Waals surface area contributed by atoms with Crippen LogP contribution in [0.3, 0.4) is 0 Å². The number of hydrogen-bond donors (Lipinski definition) is 1. The van der Waals surface area contributed by atoms with Gasteiger partial charge < -0.3 is 5.11 Å². The van der Waals surface area contributed by atoms with Crippen molar-refractivity contribution in [3.8, 4) is 0 Å². The van der Waals surface area contributed by atoms with Gasteiger partial charge in [0.2, 0.25) is 0 Å². The van der Waals surface area contributed by atoms with E-state index in [1.807, 2.05) is 6.92 Å². The third-order valence-corrected chi connectivity index (χ3v) is 3.72. The number of aliphatic hydroxyl groups excluding tert-OH is 1. The molecule has 0 spiro atoms. The smallest absolute Gasteiger partial charge is 0.138 e. The van der Waals surface area contributed by atoms with Crippen molar-refractivity contribution in [1.29, 1.82) is 0 Å². The second kappa shape index (κ2) is 5.34. The summed E-state index contributed by atoms with van der Waals surface area (Å²) in [4.78, 5) is 5.00. The number of nitrogens with zero attached hydrogens (tertiary/aromatic N) is 5. The molecule has 6 nitrogen and oxygen atoms in total. The highest BCUT2D eigenvalue weighted by atomic mass is 32.1. The fraction of sp³-hybridized carbons (Fsp3) is 0.667. The molecule has 7 heteroatoms. The monoisotopic (exact) mass is 281 g/mol. The van der Waals surface area contributed by atoms with E-state index in [0.717, 1.165) is 22.9 Å². The van der Waals surface area contributed by atoms with Crippen LogP contribution >= 0.6 is 11.5 Å². The molecule has 2 aromatic rings. The summed E-state index contributed by atoms with van der Waals surface area (Å²) in [5.41, 5.74) is 0.731. The second-order valence-corrected chi connectivity index (χ2v) is 6.23. The van der Waals surface area contributed by atoms with Crippen LogP contribution in [-0.2, 0) is 18.4 Å². The van der Waals surface area contributed by atoms with Gasteiger partial charge in [0.15, 0.2) is 0 Å². The van der Waals surface area contributed by atoms with Crippen LogP contribution in [0.2, 0.25) is 0 Å². The lowest BCUT2D eigenvalue weighted by Gasteiger charge is -2.18. The molecule has 0 amide bonds. The Bertz CT molecular complexity index is 542. The highest BCUT2D eigenvalue weighted by molar-refractivity contribution is 7.05. The van der Waals surface area contributed by atoms with Gasteiger partial charge in [0.1, 0.15) is 12.2 Å². The molecule has 0 radical (unpaired) electrons. The molecule has 1 N–H and O–H groups in total. The van der Waals surface area contributed by atoms with E-state index >= 15 is 0 Å². The third-order valence-electron chi connectivity index (χ3n) is 2.90. The van der Waals surface area contributed by atoms with Gasteiger partial charge in [0.05, 0.1) is 16.7 Å². The standard InChI is InChI=1S/C12H19N5OS/c1-5-17-9(13-7-14-17)6-8(18)10-11(12(2,3)4)15-16-19-10/h7-8,18H,5-6H2,1-4H3. The Morgan fingerprint density at radius 2 is 2.16 bits per heavy atom. The van der Waals surface area contributed by atoms with E-state index in [4.69, 9.17) is 0 Å². The van der Waals surface area contributed by atoms with Crippen LogP contribution in [0.5, 0.6) is 0 Å². The zero-order valence-electron chi connectivity index (χ0n) is 11.7. The number of aryl methyl sites for hydroxylation is 1. The lowest BCUT2D eigenvalue weighted by atomic mass is 9.90. The molecule has 2 aromatic heterocycles. The number of aromatic nitrogens is 5. The maximum Gasteiger partial charge on any atom is 0.138 e. The zero-order chi connectivity index (χ0) is 14.0. The normalized spacial score (nSPS) is 13.7. The molecule has 0 aliphatic heterocycles. The summed E-state index contributed by atoms with van der Waals surface area (Å²) in [6.45, 7) is 8.94. The summed E-state index contributed by atoms with van der Waals surface area (Å²) in [6.07, 6.45) is 1.31. The summed E-state index contributed by atoms with van der Waals surface area (Å²) < 4.78 is 5.76. The molecule has 104 valence electrons. The molecule has 0 fully saturated rings. The van der Waals surface area contributed by atoms with Crippen molar-refractivity contribution in [1.82, 2.24) is 24.4 Å². The molecule has 0 saturated heterocycles. The van der Waals surface area contributed by atoms with E-state index in [1.165, 1.54) is 17.9 Å². The quantitative estimate of drug-likeness (QED) is 0.923. The van der Waals surface area contributed by atoms with E-state index in [1.54, 1.807) is 4.68 Å². The molecule has 1 unspecified atom stereocenters. The molecule has 2 heterocycles. The minimum atomic E-state index is -0.635. The van der Waals surface area contributed by atoms with Gasteiger partial charge in [-0.05, 0) is 18.5 Å². The number of aliphatic hydroxyl groups is 1. The van der Waals surface area contributed by atoms with Crippen LogP contribution < -0.4 is 0 Å². The predicted molar refractivity (Wildman–Crippen MR) is 73.0 cm³/mol. The molecule has 2 rings (SSSR count). The van der Waals surface area contributed by atoms with Crippen molar-refractivity contribution in [2.24, 2.45) is 0 Å². The predicted octanol–water partition coefficient (Wildman–Crippen LogP) is 1.72. The minimum Gasteiger partial charge on any atom is -0.387 e. The van der Waals surface area contributed by atoms with Crippen molar-refractivity contribution in [2.75, 3.05) is 0 Å². The van der Waals surface area contributed by atoms with Crippen LogP contribution in [0.25, 0.3) is 0 Å². The van der Waals surface area contributed by atoms with Gasteiger partial charge >= 0.3 is 0 Å². The fourth-order valence-electron chi connectivity index (χ4n) is 1.91. The third kappa shape index (κ3) is 2.98. The number of rotatable bonds is 4. The molecule has 0 bridgehead atoms. The Hall–Kier alpha value is -1.34. The van der Waals surface area contributed by atoms with Crippen molar-refractivity contribution in [3.63, 3.8) is 0 Å². The first kappa shape index (κ1) is 14.1. The van der Waals surface area contributed by atoms with Gasteiger partial charge in [-0.1, -0.05) is 25.3 Å². The molecule has 1 atom stereocenters. The Morgan fingerprint density at radius 1 is 1.42 bits per heavy atom. The van der Waals surface area contributed by atoms with Gasteiger partial charge in [0, 0.05) is 18.4 Å². The first-order chi connectivity index (χ1) is 8.93.